The van der Waals surface area contributed by atoms with Gasteiger partial charge in [-0.3, -0.25) is 9.59 Å². The zero-order chi connectivity index (χ0) is 18.7. The Labute approximate surface area is 149 Å². The molecule has 0 aromatic heterocycles. The van der Waals surface area contributed by atoms with Crippen molar-refractivity contribution in [3.63, 3.8) is 0 Å². The predicted molar refractivity (Wildman–Crippen MR) is 96.1 cm³/mol. The van der Waals surface area contributed by atoms with Crippen molar-refractivity contribution in [2.24, 2.45) is 5.92 Å². The largest absolute Gasteiger partial charge is 0.494 e. The number of esters is 1. The molecule has 0 radical (unpaired) electrons. The van der Waals surface area contributed by atoms with Gasteiger partial charge in [-0.2, -0.15) is 0 Å². The molecule has 1 atom stereocenters. The van der Waals surface area contributed by atoms with Gasteiger partial charge in [0.15, 0.2) is 0 Å². The average Bonchev–Trinajstić information content (AvgIpc) is 2.63. The molecular weight excluding hydrogens is 322 g/mol. The highest BCUT2D eigenvalue weighted by Gasteiger charge is 2.19. The van der Waals surface area contributed by atoms with Crippen molar-refractivity contribution in [2.75, 3.05) is 33.4 Å². The van der Waals surface area contributed by atoms with Gasteiger partial charge >= 0.3 is 5.97 Å². The summed E-state index contributed by atoms with van der Waals surface area (Å²) in [6.45, 7) is 4.85. The Morgan fingerprint density at radius 1 is 1.28 bits per heavy atom. The van der Waals surface area contributed by atoms with Crippen LogP contribution in [0.3, 0.4) is 0 Å². The van der Waals surface area contributed by atoms with E-state index in [4.69, 9.17) is 14.6 Å². The maximum Gasteiger partial charge on any atom is 0.310 e. The van der Waals surface area contributed by atoms with Crippen LogP contribution in [0.1, 0.15) is 25.8 Å². The maximum absolute atomic E-state index is 12.4. The van der Waals surface area contributed by atoms with Gasteiger partial charge in [-0.05, 0) is 37.1 Å². The fourth-order valence-corrected chi connectivity index (χ4v) is 2.27. The van der Waals surface area contributed by atoms with Crippen LogP contribution in [0, 0.1) is 5.92 Å². The van der Waals surface area contributed by atoms with Crippen LogP contribution in [0.5, 0.6) is 5.75 Å². The number of methoxy groups -OCH3 is 1. The van der Waals surface area contributed by atoms with Crippen LogP contribution < -0.4 is 4.74 Å². The fraction of sp³-hybridized carbons (Fsp3) is 0.474. The molecule has 1 N–H and O–H groups in total. The van der Waals surface area contributed by atoms with Gasteiger partial charge in [0.25, 0.3) is 0 Å². The number of rotatable bonds is 10. The fourth-order valence-electron chi connectivity index (χ4n) is 2.27. The van der Waals surface area contributed by atoms with Gasteiger partial charge in [-0.1, -0.05) is 19.1 Å². The quantitative estimate of drug-likeness (QED) is 0.517. The number of carbonyl (C=O) groups is 2. The smallest absolute Gasteiger partial charge is 0.310 e. The summed E-state index contributed by atoms with van der Waals surface area (Å²) in [7, 11) is 1.32. The van der Waals surface area contributed by atoms with E-state index in [9.17, 15) is 9.59 Å². The van der Waals surface area contributed by atoms with E-state index in [0.717, 1.165) is 11.3 Å². The Bertz CT molecular complexity index is 568. The minimum atomic E-state index is -0.425. The van der Waals surface area contributed by atoms with Crippen LogP contribution in [0.25, 0.3) is 6.08 Å². The topological polar surface area (TPSA) is 76.1 Å². The van der Waals surface area contributed by atoms with Crippen molar-refractivity contribution in [2.45, 2.75) is 20.3 Å². The van der Waals surface area contributed by atoms with Gasteiger partial charge in [-0.25, -0.2) is 0 Å². The van der Waals surface area contributed by atoms with Gasteiger partial charge in [0, 0.05) is 25.8 Å². The number of nitrogens with zero attached hydrogens (tertiary/aromatic N) is 1. The second kappa shape index (κ2) is 11.3. The molecule has 0 aliphatic heterocycles. The molecule has 0 aliphatic rings. The normalized spacial score (nSPS) is 12.0. The summed E-state index contributed by atoms with van der Waals surface area (Å²) in [6, 6.07) is 7.42. The third kappa shape index (κ3) is 7.39. The van der Waals surface area contributed by atoms with Crippen LogP contribution in [-0.4, -0.2) is 55.3 Å². The van der Waals surface area contributed by atoms with Gasteiger partial charge in [-0.15, -0.1) is 0 Å². The number of hydrogen-bond donors (Lipinski definition) is 1. The Morgan fingerprint density at radius 3 is 2.52 bits per heavy atom. The molecule has 1 aromatic carbocycles. The predicted octanol–water partition coefficient (Wildman–Crippen LogP) is 2.12. The van der Waals surface area contributed by atoms with Gasteiger partial charge in [0.05, 0.1) is 19.6 Å². The number of benzene rings is 1. The first-order valence-electron chi connectivity index (χ1n) is 8.40. The lowest BCUT2D eigenvalue weighted by atomic mass is 10.1. The zero-order valence-corrected chi connectivity index (χ0v) is 15.1. The molecule has 0 bridgehead atoms. The lowest BCUT2D eigenvalue weighted by molar-refractivity contribution is -0.146. The monoisotopic (exact) mass is 349 g/mol. The Hall–Kier alpha value is -2.34. The van der Waals surface area contributed by atoms with E-state index >= 15 is 0 Å². The van der Waals surface area contributed by atoms with E-state index in [1.807, 2.05) is 31.2 Å². The summed E-state index contributed by atoms with van der Waals surface area (Å²) in [5, 5.41) is 9.00. The number of amides is 1. The molecule has 1 unspecified atom stereocenters. The molecule has 25 heavy (non-hydrogen) atoms. The highest BCUT2D eigenvalue weighted by molar-refractivity contribution is 5.92. The van der Waals surface area contributed by atoms with Gasteiger partial charge in [0.2, 0.25) is 5.91 Å². The highest BCUT2D eigenvalue weighted by Crippen LogP contribution is 2.13. The average molecular weight is 349 g/mol. The Morgan fingerprint density at radius 2 is 1.96 bits per heavy atom. The van der Waals surface area contributed by atoms with E-state index in [0.29, 0.717) is 19.6 Å². The number of hydrogen-bond acceptors (Lipinski definition) is 5. The van der Waals surface area contributed by atoms with Crippen molar-refractivity contribution in [3.05, 3.63) is 35.9 Å². The summed E-state index contributed by atoms with van der Waals surface area (Å²) < 4.78 is 10.1. The first-order valence-corrected chi connectivity index (χ1v) is 8.40. The standard InChI is InChI=1S/C19H27NO5/c1-4-25-17-9-6-16(7-10-17)8-11-18(22)20(12-5-13-21)14-15(2)19(23)24-3/h6-11,15,21H,4-5,12-14H2,1-3H3/b11-8+. The van der Waals surface area contributed by atoms with Crippen LogP contribution in [0.4, 0.5) is 0 Å². The molecule has 0 saturated carbocycles. The van der Waals surface area contributed by atoms with E-state index in [-0.39, 0.29) is 25.0 Å². The minimum Gasteiger partial charge on any atom is -0.494 e. The van der Waals surface area contributed by atoms with Gasteiger partial charge in [0.1, 0.15) is 5.75 Å². The number of aliphatic hydroxyl groups is 1. The third-order valence-electron chi connectivity index (χ3n) is 3.61. The molecule has 0 saturated heterocycles. The van der Waals surface area contributed by atoms with Crippen molar-refractivity contribution < 1.29 is 24.2 Å². The van der Waals surface area contributed by atoms with Crippen LogP contribution in [-0.2, 0) is 14.3 Å². The summed E-state index contributed by atoms with van der Waals surface area (Å²) in [4.78, 5) is 25.5. The first kappa shape index (κ1) is 20.7. The lowest BCUT2D eigenvalue weighted by Crippen LogP contribution is -2.37. The van der Waals surface area contributed by atoms with Crippen molar-refractivity contribution in [1.29, 1.82) is 0 Å². The van der Waals surface area contributed by atoms with Crippen molar-refractivity contribution in [3.8, 4) is 5.75 Å². The molecule has 0 heterocycles. The lowest BCUT2D eigenvalue weighted by Gasteiger charge is -2.23. The summed E-state index contributed by atoms with van der Waals surface area (Å²) >= 11 is 0. The van der Waals surface area contributed by atoms with Crippen LogP contribution >= 0.6 is 0 Å². The summed E-state index contributed by atoms with van der Waals surface area (Å²) in [6.07, 6.45) is 3.64. The summed E-state index contributed by atoms with van der Waals surface area (Å²) in [5.41, 5.74) is 0.875. The molecule has 6 nitrogen and oxygen atoms in total. The molecule has 0 aliphatic carbocycles. The number of ether oxygens (including phenoxy) is 2. The van der Waals surface area contributed by atoms with Crippen molar-refractivity contribution >= 4 is 18.0 Å². The molecule has 6 heteroatoms. The molecule has 0 fully saturated rings. The molecule has 0 spiro atoms. The second-order valence-corrected chi connectivity index (χ2v) is 5.62. The highest BCUT2D eigenvalue weighted by atomic mass is 16.5. The van der Waals surface area contributed by atoms with E-state index < -0.39 is 5.92 Å². The van der Waals surface area contributed by atoms with Gasteiger partial charge < -0.3 is 19.5 Å². The van der Waals surface area contributed by atoms with E-state index in [2.05, 4.69) is 0 Å². The SMILES string of the molecule is CCOc1ccc(/C=C/C(=O)N(CCCO)CC(C)C(=O)OC)cc1. The molecule has 138 valence electrons. The second-order valence-electron chi connectivity index (χ2n) is 5.62. The Kier molecular flexibility index (Phi) is 9.32. The minimum absolute atomic E-state index is 0.0149. The van der Waals surface area contributed by atoms with E-state index in [1.54, 1.807) is 17.9 Å². The van der Waals surface area contributed by atoms with Crippen molar-refractivity contribution in [1.82, 2.24) is 4.90 Å². The van der Waals surface area contributed by atoms with Crippen LogP contribution in [0.15, 0.2) is 30.3 Å². The Balaban J connectivity index is 2.73. The van der Waals surface area contributed by atoms with E-state index in [1.165, 1.54) is 13.2 Å². The molecule has 1 aromatic rings. The zero-order valence-electron chi connectivity index (χ0n) is 15.1. The number of aliphatic hydroxyl groups excluding tert-OH is 1. The summed E-state index contributed by atoms with van der Waals surface area (Å²) in [5.74, 6) is -0.218. The van der Waals surface area contributed by atoms with Crippen LogP contribution in [0.2, 0.25) is 0 Å². The third-order valence-corrected chi connectivity index (χ3v) is 3.61. The molecule has 1 amide bonds. The number of carbonyl (C=O) groups excluding carboxylic acids is 2. The maximum atomic E-state index is 12.4. The first-order chi connectivity index (χ1) is 12.0. The molecule has 1 rings (SSSR count). The molecular formula is C19H27NO5.